The van der Waals surface area contributed by atoms with Crippen molar-refractivity contribution in [2.24, 2.45) is 11.8 Å². The number of carbonyl (C=O) groups is 1. The highest BCUT2D eigenvalue weighted by atomic mass is 19.1. The third kappa shape index (κ3) is 3.64. The van der Waals surface area contributed by atoms with Gasteiger partial charge in [-0.15, -0.1) is 0 Å². The summed E-state index contributed by atoms with van der Waals surface area (Å²) >= 11 is 0. The van der Waals surface area contributed by atoms with Crippen LogP contribution in [0.25, 0.3) is 11.1 Å². The number of halogens is 1. The predicted octanol–water partition coefficient (Wildman–Crippen LogP) is 4.39. The Hall–Kier alpha value is -2.56. The van der Waals surface area contributed by atoms with Crippen molar-refractivity contribution in [3.8, 4) is 22.6 Å². The molecule has 0 amide bonds. The molecule has 27 heavy (non-hydrogen) atoms. The predicted molar refractivity (Wildman–Crippen MR) is 99.4 cm³/mol. The molecule has 0 radical (unpaired) electrons. The lowest BCUT2D eigenvalue weighted by molar-refractivity contribution is -0.142. The number of carbonyl (C=O) groups excluding carboxylic acids is 1. The number of esters is 1. The van der Waals surface area contributed by atoms with E-state index in [4.69, 9.17) is 14.2 Å². The van der Waals surface area contributed by atoms with Crippen LogP contribution in [0.1, 0.15) is 25.8 Å². The summed E-state index contributed by atoms with van der Waals surface area (Å²) in [6.07, 6.45) is 1.39. The van der Waals surface area contributed by atoms with E-state index in [0.717, 1.165) is 23.3 Å². The summed E-state index contributed by atoms with van der Waals surface area (Å²) in [5, 5.41) is 0. The topological polar surface area (TPSA) is 44.8 Å². The fourth-order valence-electron chi connectivity index (χ4n) is 3.62. The van der Waals surface area contributed by atoms with Gasteiger partial charge in [0.05, 0.1) is 19.6 Å². The van der Waals surface area contributed by atoms with E-state index in [1.54, 1.807) is 6.07 Å². The van der Waals surface area contributed by atoms with Crippen LogP contribution in [-0.4, -0.2) is 25.3 Å². The zero-order valence-electron chi connectivity index (χ0n) is 15.8. The molecular weight excluding hydrogens is 347 g/mol. The van der Waals surface area contributed by atoms with E-state index in [1.165, 1.54) is 7.11 Å². The van der Waals surface area contributed by atoms with Crippen LogP contribution in [0, 0.1) is 17.7 Å². The summed E-state index contributed by atoms with van der Waals surface area (Å²) in [7, 11) is 1.41. The molecular formula is C22H23FO4. The Labute approximate surface area is 158 Å². The average molecular weight is 370 g/mol. The Morgan fingerprint density at radius 3 is 2.67 bits per heavy atom. The Balaban J connectivity index is 1.43. The molecule has 1 saturated carbocycles. The minimum Gasteiger partial charge on any atom is -0.493 e. The van der Waals surface area contributed by atoms with Gasteiger partial charge in [-0.1, -0.05) is 12.1 Å². The first kappa shape index (κ1) is 17.8. The molecule has 142 valence electrons. The molecule has 2 aliphatic rings. The normalized spacial score (nSPS) is 21.9. The van der Waals surface area contributed by atoms with Gasteiger partial charge in [0.25, 0.3) is 0 Å². The average Bonchev–Trinajstić information content (AvgIpc) is 3.34. The number of hydrogen-bond donors (Lipinski definition) is 0. The summed E-state index contributed by atoms with van der Waals surface area (Å²) in [4.78, 5) is 11.4. The van der Waals surface area contributed by atoms with Gasteiger partial charge in [0, 0.05) is 17.9 Å². The molecule has 0 N–H and O–H groups in total. The zero-order valence-corrected chi connectivity index (χ0v) is 15.8. The van der Waals surface area contributed by atoms with Gasteiger partial charge in [-0.3, -0.25) is 4.79 Å². The van der Waals surface area contributed by atoms with Gasteiger partial charge in [0.1, 0.15) is 22.9 Å². The van der Waals surface area contributed by atoms with Crippen molar-refractivity contribution in [1.82, 2.24) is 0 Å². The number of ether oxygens (including phenoxy) is 3. The van der Waals surface area contributed by atoms with Gasteiger partial charge in [-0.05, 0) is 55.7 Å². The number of rotatable bonds is 5. The van der Waals surface area contributed by atoms with Crippen molar-refractivity contribution in [3.63, 3.8) is 0 Å². The van der Waals surface area contributed by atoms with Crippen molar-refractivity contribution in [3.05, 3.63) is 47.8 Å². The maximum absolute atomic E-state index is 14.5. The largest absolute Gasteiger partial charge is 0.493 e. The number of hydrogen-bond acceptors (Lipinski definition) is 4. The lowest BCUT2D eigenvalue weighted by Crippen LogP contribution is -2.24. The van der Waals surface area contributed by atoms with Crippen LogP contribution in [0.5, 0.6) is 11.5 Å². The molecule has 1 aliphatic heterocycles. The highest BCUT2D eigenvalue weighted by Crippen LogP contribution is 2.41. The summed E-state index contributed by atoms with van der Waals surface area (Å²) in [5.41, 5.74) is 1.96. The standard InChI is InChI=1S/C22H23FO4/c1-22(2)11-18-19(23)9-14(10-20(18)27-22)13-4-6-16(7-5-13)26-12-15-8-17(15)21(24)25-3/h4-7,9-10,15,17H,8,11-12H2,1-3H3. The highest BCUT2D eigenvalue weighted by molar-refractivity contribution is 5.75. The number of methoxy groups -OCH3 is 1. The number of benzene rings is 2. The van der Waals surface area contributed by atoms with Crippen LogP contribution in [-0.2, 0) is 16.0 Å². The monoisotopic (exact) mass is 370 g/mol. The highest BCUT2D eigenvalue weighted by Gasteiger charge is 2.44. The van der Waals surface area contributed by atoms with E-state index in [-0.39, 0.29) is 29.2 Å². The van der Waals surface area contributed by atoms with Gasteiger partial charge in [0.2, 0.25) is 0 Å². The molecule has 0 bridgehead atoms. The third-order valence-electron chi connectivity index (χ3n) is 5.22. The molecule has 2 aromatic carbocycles. The van der Waals surface area contributed by atoms with E-state index in [1.807, 2.05) is 44.2 Å². The smallest absolute Gasteiger partial charge is 0.309 e. The lowest BCUT2D eigenvalue weighted by Gasteiger charge is -2.16. The Morgan fingerprint density at radius 1 is 1.22 bits per heavy atom. The maximum Gasteiger partial charge on any atom is 0.309 e. The van der Waals surface area contributed by atoms with Crippen LogP contribution >= 0.6 is 0 Å². The van der Waals surface area contributed by atoms with E-state index >= 15 is 0 Å². The summed E-state index contributed by atoms with van der Waals surface area (Å²) < 4.78 is 30.8. The first-order valence-corrected chi connectivity index (χ1v) is 9.19. The fourth-order valence-corrected chi connectivity index (χ4v) is 3.62. The van der Waals surface area contributed by atoms with Gasteiger partial charge in [0.15, 0.2) is 0 Å². The lowest BCUT2D eigenvalue weighted by atomic mass is 9.98. The second-order valence-corrected chi connectivity index (χ2v) is 7.93. The third-order valence-corrected chi connectivity index (χ3v) is 5.22. The van der Waals surface area contributed by atoms with Gasteiger partial charge < -0.3 is 14.2 Å². The molecule has 1 fully saturated rings. The van der Waals surface area contributed by atoms with Crippen molar-refractivity contribution < 1.29 is 23.4 Å². The first-order chi connectivity index (χ1) is 12.9. The van der Waals surface area contributed by atoms with Gasteiger partial charge >= 0.3 is 5.97 Å². The molecule has 0 spiro atoms. The van der Waals surface area contributed by atoms with Crippen LogP contribution in [0.3, 0.4) is 0 Å². The Morgan fingerprint density at radius 2 is 1.96 bits per heavy atom. The second kappa shape index (κ2) is 6.55. The second-order valence-electron chi connectivity index (χ2n) is 7.93. The van der Waals surface area contributed by atoms with E-state index in [0.29, 0.717) is 24.3 Å². The van der Waals surface area contributed by atoms with Gasteiger partial charge in [-0.2, -0.15) is 0 Å². The van der Waals surface area contributed by atoms with Crippen molar-refractivity contribution in [1.29, 1.82) is 0 Å². The molecule has 2 aromatic rings. The minimum absolute atomic E-state index is 0.0343. The molecule has 2 atom stereocenters. The molecule has 1 aliphatic carbocycles. The molecule has 4 rings (SSSR count). The van der Waals surface area contributed by atoms with Crippen LogP contribution in [0.15, 0.2) is 36.4 Å². The van der Waals surface area contributed by atoms with Crippen molar-refractivity contribution >= 4 is 5.97 Å². The van der Waals surface area contributed by atoms with Crippen molar-refractivity contribution in [2.45, 2.75) is 32.3 Å². The zero-order chi connectivity index (χ0) is 19.2. The quantitative estimate of drug-likeness (QED) is 0.732. The van der Waals surface area contributed by atoms with E-state index < -0.39 is 0 Å². The molecule has 0 saturated heterocycles. The number of fused-ring (bicyclic) bond motifs is 1. The van der Waals surface area contributed by atoms with Crippen molar-refractivity contribution in [2.75, 3.05) is 13.7 Å². The Kier molecular flexibility index (Phi) is 4.33. The SMILES string of the molecule is COC(=O)C1CC1COc1ccc(-c2cc(F)c3c(c2)OC(C)(C)C3)cc1. The van der Waals surface area contributed by atoms with Crippen LogP contribution in [0.2, 0.25) is 0 Å². The first-order valence-electron chi connectivity index (χ1n) is 9.19. The molecule has 4 nitrogen and oxygen atoms in total. The summed E-state index contributed by atoms with van der Waals surface area (Å²) in [6.45, 7) is 4.42. The Bertz CT molecular complexity index is 873. The van der Waals surface area contributed by atoms with E-state index in [2.05, 4.69) is 0 Å². The van der Waals surface area contributed by atoms with Crippen LogP contribution < -0.4 is 9.47 Å². The van der Waals surface area contributed by atoms with E-state index in [9.17, 15) is 9.18 Å². The molecule has 2 unspecified atom stereocenters. The van der Waals surface area contributed by atoms with Gasteiger partial charge in [-0.25, -0.2) is 4.39 Å². The maximum atomic E-state index is 14.5. The molecule has 5 heteroatoms. The molecule has 0 aromatic heterocycles. The summed E-state index contributed by atoms with van der Waals surface area (Å²) in [6, 6.07) is 11.0. The summed E-state index contributed by atoms with van der Waals surface area (Å²) in [5.74, 6) is 1.15. The molecule has 1 heterocycles. The van der Waals surface area contributed by atoms with Crippen LogP contribution in [0.4, 0.5) is 4.39 Å². The fraction of sp³-hybridized carbons (Fsp3) is 0.409. The minimum atomic E-state index is -0.371.